The van der Waals surface area contributed by atoms with Crippen molar-refractivity contribution in [2.75, 3.05) is 34.0 Å². The molecule has 13 heteroatoms. The van der Waals surface area contributed by atoms with E-state index in [9.17, 15) is 14.7 Å². The van der Waals surface area contributed by atoms with Crippen LogP contribution in [0.25, 0.3) is 0 Å². The number of hydrogen-bond acceptors (Lipinski definition) is 10. The fourth-order valence-electron chi connectivity index (χ4n) is 3.92. The highest BCUT2D eigenvalue weighted by Gasteiger charge is 2.32. The summed E-state index contributed by atoms with van der Waals surface area (Å²) in [5.74, 6) is 0.929. The van der Waals surface area contributed by atoms with Crippen molar-refractivity contribution < 1.29 is 38.4 Å². The molecule has 1 heterocycles. The van der Waals surface area contributed by atoms with E-state index in [-0.39, 0.29) is 18.8 Å². The van der Waals surface area contributed by atoms with Crippen LogP contribution < -0.4 is 35.0 Å². The van der Waals surface area contributed by atoms with E-state index >= 15 is 0 Å². The largest absolute Gasteiger partial charge is 0.493 e. The van der Waals surface area contributed by atoms with Crippen LogP contribution in [0.2, 0.25) is 5.02 Å². The van der Waals surface area contributed by atoms with Crippen molar-refractivity contribution in [2.24, 2.45) is 5.10 Å². The number of nitrogens with zero attached hydrogens (tertiary/aromatic N) is 1. The standard InChI is InChI=1S/C28H33ClN4O8/c1-6-10-40-26-19(29)11-17(12-22(26)37-4)14-30-33-23(34)15-41-20-9-8-18(13-21(20)39-7-2)25-24(27(35)38-5)16(3)31-28(36)32-25/h6,8-9,11-14,23,25,33-34H,1,7,10,15H2,2-5H3,(H2,31,32,36)/b30-14-/t23-,25+/m1/s1. The van der Waals surface area contributed by atoms with E-state index in [0.717, 1.165) is 0 Å². The quantitative estimate of drug-likeness (QED) is 0.0856. The van der Waals surface area contributed by atoms with Gasteiger partial charge in [-0.25, -0.2) is 9.59 Å². The molecule has 3 rings (SSSR count). The lowest BCUT2D eigenvalue weighted by Crippen LogP contribution is -2.45. The molecule has 2 atom stereocenters. The number of benzene rings is 2. The van der Waals surface area contributed by atoms with Crippen LogP contribution >= 0.6 is 11.6 Å². The first-order valence-corrected chi connectivity index (χ1v) is 12.9. The van der Waals surface area contributed by atoms with Gasteiger partial charge in [0.05, 0.1) is 43.7 Å². The van der Waals surface area contributed by atoms with Gasteiger partial charge in [-0.2, -0.15) is 5.10 Å². The van der Waals surface area contributed by atoms with Gasteiger partial charge < -0.3 is 39.4 Å². The van der Waals surface area contributed by atoms with E-state index in [1.807, 2.05) is 0 Å². The van der Waals surface area contributed by atoms with E-state index in [0.29, 0.717) is 51.5 Å². The van der Waals surface area contributed by atoms with Crippen LogP contribution in [0.5, 0.6) is 23.0 Å². The molecule has 0 radical (unpaired) electrons. The molecular weight excluding hydrogens is 556 g/mol. The first kappa shape index (κ1) is 31.1. The van der Waals surface area contributed by atoms with Crippen molar-refractivity contribution in [2.45, 2.75) is 26.1 Å². The molecule has 0 spiro atoms. The van der Waals surface area contributed by atoms with Gasteiger partial charge in [0.1, 0.15) is 13.2 Å². The van der Waals surface area contributed by atoms with Gasteiger partial charge in [-0.1, -0.05) is 30.3 Å². The van der Waals surface area contributed by atoms with Crippen LogP contribution in [0.4, 0.5) is 4.79 Å². The average Bonchev–Trinajstić information content (AvgIpc) is 2.95. The Morgan fingerprint density at radius 1 is 1.20 bits per heavy atom. The van der Waals surface area contributed by atoms with Gasteiger partial charge in [0, 0.05) is 5.70 Å². The number of hydrazone groups is 1. The molecule has 0 aromatic heterocycles. The number of carbonyl (C=O) groups excluding carboxylic acids is 2. The number of methoxy groups -OCH3 is 2. The van der Waals surface area contributed by atoms with E-state index in [4.69, 9.17) is 35.3 Å². The Hall–Kier alpha value is -4.42. The monoisotopic (exact) mass is 588 g/mol. The van der Waals surface area contributed by atoms with Crippen molar-refractivity contribution in [3.05, 3.63) is 70.4 Å². The van der Waals surface area contributed by atoms with Crippen molar-refractivity contribution in [1.82, 2.24) is 16.1 Å². The minimum absolute atomic E-state index is 0.175. The van der Waals surface area contributed by atoms with Crippen LogP contribution in [0.15, 0.2) is 59.4 Å². The summed E-state index contributed by atoms with van der Waals surface area (Å²) in [7, 11) is 2.76. The van der Waals surface area contributed by atoms with Crippen LogP contribution in [-0.2, 0) is 9.53 Å². The molecule has 41 heavy (non-hydrogen) atoms. The number of amides is 2. The molecule has 12 nitrogen and oxygen atoms in total. The van der Waals surface area contributed by atoms with Gasteiger partial charge in [0.2, 0.25) is 0 Å². The van der Waals surface area contributed by atoms with Gasteiger partial charge >= 0.3 is 12.0 Å². The minimum Gasteiger partial charge on any atom is -0.493 e. The van der Waals surface area contributed by atoms with Crippen LogP contribution in [0.1, 0.15) is 31.0 Å². The van der Waals surface area contributed by atoms with E-state index in [2.05, 4.69) is 27.7 Å². The fraction of sp³-hybridized carbons (Fsp3) is 0.321. The Bertz CT molecular complexity index is 1330. The van der Waals surface area contributed by atoms with Crippen molar-refractivity contribution in [3.8, 4) is 23.0 Å². The molecule has 0 saturated heterocycles. The minimum atomic E-state index is -1.17. The first-order chi connectivity index (χ1) is 19.7. The SMILES string of the molecule is C=CCOc1c(Cl)cc(/C=N\N[C@H](O)COc2ccc([C@@H]3NC(=O)NC(C)=C3C(=O)OC)cc2OCC)cc1OC. The van der Waals surface area contributed by atoms with Crippen molar-refractivity contribution in [3.63, 3.8) is 0 Å². The predicted molar refractivity (Wildman–Crippen MR) is 153 cm³/mol. The lowest BCUT2D eigenvalue weighted by Gasteiger charge is -2.28. The molecule has 0 saturated carbocycles. The summed E-state index contributed by atoms with van der Waals surface area (Å²) < 4.78 is 27.3. The highest BCUT2D eigenvalue weighted by atomic mass is 35.5. The molecule has 0 aliphatic carbocycles. The molecule has 0 fully saturated rings. The molecule has 2 amide bonds. The van der Waals surface area contributed by atoms with E-state index in [1.165, 1.54) is 20.4 Å². The number of aliphatic hydroxyl groups excluding tert-OH is 1. The van der Waals surface area contributed by atoms with Gasteiger partial charge in [0.15, 0.2) is 29.2 Å². The summed E-state index contributed by atoms with van der Waals surface area (Å²) in [6, 6.07) is 7.07. The van der Waals surface area contributed by atoms with Gasteiger partial charge in [-0.3, -0.25) is 5.43 Å². The first-order valence-electron chi connectivity index (χ1n) is 12.6. The Morgan fingerprint density at radius 2 is 1.98 bits per heavy atom. The number of allylic oxidation sites excluding steroid dienone is 1. The van der Waals surface area contributed by atoms with Gasteiger partial charge in [0.25, 0.3) is 0 Å². The van der Waals surface area contributed by atoms with Gasteiger partial charge in [-0.15, -0.1) is 0 Å². The Morgan fingerprint density at radius 3 is 2.66 bits per heavy atom. The fourth-order valence-corrected chi connectivity index (χ4v) is 4.19. The molecule has 1 aliphatic rings. The Balaban J connectivity index is 1.69. The maximum absolute atomic E-state index is 12.4. The summed E-state index contributed by atoms with van der Waals surface area (Å²) in [6.45, 7) is 7.45. The normalized spacial score (nSPS) is 15.5. The predicted octanol–water partition coefficient (Wildman–Crippen LogP) is 3.43. The molecule has 0 bridgehead atoms. The molecule has 0 unspecified atom stereocenters. The molecule has 2 aromatic carbocycles. The Kier molecular flexibility index (Phi) is 11.2. The second kappa shape index (κ2) is 14.8. The third-order valence-corrected chi connectivity index (χ3v) is 5.99. The van der Waals surface area contributed by atoms with E-state index < -0.39 is 24.3 Å². The summed E-state index contributed by atoms with van der Waals surface area (Å²) >= 11 is 6.30. The number of halogens is 1. The molecular formula is C28H33ClN4O8. The van der Waals surface area contributed by atoms with Crippen molar-refractivity contribution >= 4 is 29.8 Å². The third kappa shape index (κ3) is 8.05. The van der Waals surface area contributed by atoms with Crippen LogP contribution in [0, 0.1) is 0 Å². The number of urea groups is 1. The number of nitrogens with one attached hydrogen (secondary N) is 3. The highest BCUT2D eigenvalue weighted by molar-refractivity contribution is 6.32. The third-order valence-electron chi connectivity index (χ3n) is 5.71. The second-order valence-electron chi connectivity index (χ2n) is 8.55. The maximum Gasteiger partial charge on any atom is 0.337 e. The highest BCUT2D eigenvalue weighted by Crippen LogP contribution is 2.36. The van der Waals surface area contributed by atoms with Crippen LogP contribution in [0.3, 0.4) is 0 Å². The number of hydrogen-bond donors (Lipinski definition) is 4. The summed E-state index contributed by atoms with van der Waals surface area (Å²) in [5.41, 5.74) is 4.41. The zero-order chi connectivity index (χ0) is 29.9. The number of esters is 1. The zero-order valence-electron chi connectivity index (χ0n) is 23.2. The van der Waals surface area contributed by atoms with Crippen LogP contribution in [-0.4, -0.2) is 63.6 Å². The van der Waals surface area contributed by atoms with E-state index in [1.54, 1.807) is 50.3 Å². The number of rotatable bonds is 14. The topological polar surface area (TPSA) is 149 Å². The lowest BCUT2D eigenvalue weighted by molar-refractivity contribution is -0.136. The summed E-state index contributed by atoms with van der Waals surface area (Å²) in [4.78, 5) is 24.5. The zero-order valence-corrected chi connectivity index (χ0v) is 23.9. The molecule has 4 N–H and O–H groups in total. The number of ether oxygens (including phenoxy) is 5. The number of carbonyl (C=O) groups is 2. The van der Waals surface area contributed by atoms with Gasteiger partial charge in [-0.05, 0) is 49.2 Å². The smallest absolute Gasteiger partial charge is 0.337 e. The average molecular weight is 589 g/mol. The maximum atomic E-state index is 12.4. The molecule has 2 aromatic rings. The second-order valence-corrected chi connectivity index (χ2v) is 8.96. The number of aliphatic hydroxyl groups is 1. The van der Waals surface area contributed by atoms with Crippen molar-refractivity contribution in [1.29, 1.82) is 0 Å². The summed E-state index contributed by atoms with van der Waals surface area (Å²) in [6.07, 6.45) is 1.88. The molecule has 1 aliphatic heterocycles. The lowest BCUT2D eigenvalue weighted by atomic mass is 9.95. The Labute approximate surface area is 242 Å². The summed E-state index contributed by atoms with van der Waals surface area (Å²) in [5, 5.41) is 20.0. The molecule has 220 valence electrons.